The fourth-order valence-corrected chi connectivity index (χ4v) is 2.88. The van der Waals surface area contributed by atoms with Gasteiger partial charge in [0.2, 0.25) is 0 Å². The molecule has 0 bridgehead atoms. The number of benzene rings is 1. The first-order chi connectivity index (χ1) is 10.7. The van der Waals surface area contributed by atoms with Gasteiger partial charge in [-0.3, -0.25) is 9.89 Å². The maximum atomic E-state index is 4.33. The van der Waals surface area contributed by atoms with Gasteiger partial charge in [-0.1, -0.05) is 34.1 Å². The lowest BCUT2D eigenvalue weighted by Gasteiger charge is -2.32. The molecule has 0 saturated carbocycles. The number of guanidine groups is 1. The van der Waals surface area contributed by atoms with Gasteiger partial charge in [-0.25, -0.2) is 0 Å². The quantitative estimate of drug-likeness (QED) is 0.286. The SMILES string of the molecule is C=CCN1CCC(NC(=NC)NCc2ccc(Br)cc2)CC1.I. The van der Waals surface area contributed by atoms with E-state index in [0.717, 1.165) is 49.5 Å². The molecule has 0 spiro atoms. The number of hydrogen-bond acceptors (Lipinski definition) is 2. The highest BCUT2D eigenvalue weighted by Crippen LogP contribution is 2.11. The van der Waals surface area contributed by atoms with Crippen molar-refractivity contribution in [2.24, 2.45) is 4.99 Å². The molecule has 1 fully saturated rings. The van der Waals surface area contributed by atoms with E-state index in [9.17, 15) is 0 Å². The van der Waals surface area contributed by atoms with Crippen molar-refractivity contribution >= 4 is 45.9 Å². The van der Waals surface area contributed by atoms with Crippen molar-refractivity contribution < 1.29 is 0 Å². The number of hydrogen-bond donors (Lipinski definition) is 2. The number of likely N-dealkylation sites (tertiary alicyclic amines) is 1. The molecule has 0 aliphatic carbocycles. The number of piperidine rings is 1. The summed E-state index contributed by atoms with van der Waals surface area (Å²) in [6.45, 7) is 7.81. The lowest BCUT2D eigenvalue weighted by atomic mass is 10.1. The number of halogens is 2. The zero-order valence-electron chi connectivity index (χ0n) is 13.6. The van der Waals surface area contributed by atoms with Crippen molar-refractivity contribution in [1.82, 2.24) is 15.5 Å². The monoisotopic (exact) mass is 492 g/mol. The van der Waals surface area contributed by atoms with E-state index in [2.05, 4.69) is 67.3 Å². The molecule has 2 rings (SSSR count). The third-order valence-electron chi connectivity index (χ3n) is 3.91. The molecule has 1 heterocycles. The topological polar surface area (TPSA) is 39.7 Å². The van der Waals surface area contributed by atoms with Gasteiger partial charge in [0.15, 0.2) is 5.96 Å². The van der Waals surface area contributed by atoms with Crippen LogP contribution in [0.4, 0.5) is 0 Å². The molecule has 1 aromatic carbocycles. The highest BCUT2D eigenvalue weighted by molar-refractivity contribution is 14.0. The van der Waals surface area contributed by atoms with Crippen LogP contribution in [-0.2, 0) is 6.54 Å². The Morgan fingerprint density at radius 3 is 2.57 bits per heavy atom. The van der Waals surface area contributed by atoms with Gasteiger partial charge in [0.05, 0.1) is 0 Å². The Labute approximate surface area is 165 Å². The van der Waals surface area contributed by atoms with Crippen molar-refractivity contribution in [3.63, 3.8) is 0 Å². The van der Waals surface area contributed by atoms with E-state index in [1.807, 2.05) is 13.1 Å². The Hall–Kier alpha value is -0.600. The normalized spacial score (nSPS) is 16.5. The first-order valence-corrected chi connectivity index (χ1v) is 8.55. The van der Waals surface area contributed by atoms with Gasteiger partial charge in [-0.2, -0.15) is 0 Å². The van der Waals surface area contributed by atoms with E-state index in [0.29, 0.717) is 6.04 Å². The molecule has 1 aromatic rings. The minimum absolute atomic E-state index is 0. The van der Waals surface area contributed by atoms with E-state index in [1.165, 1.54) is 5.56 Å². The molecule has 0 amide bonds. The average molecular weight is 493 g/mol. The molecular formula is C17H26BrIN4. The lowest BCUT2D eigenvalue weighted by Crippen LogP contribution is -2.48. The number of rotatable bonds is 5. The van der Waals surface area contributed by atoms with Gasteiger partial charge >= 0.3 is 0 Å². The third kappa shape index (κ3) is 7.22. The van der Waals surface area contributed by atoms with Crippen LogP contribution >= 0.6 is 39.9 Å². The average Bonchev–Trinajstić information content (AvgIpc) is 2.55. The van der Waals surface area contributed by atoms with E-state index in [1.54, 1.807) is 0 Å². The maximum Gasteiger partial charge on any atom is 0.191 e. The fourth-order valence-electron chi connectivity index (χ4n) is 2.62. The molecule has 0 unspecified atom stereocenters. The summed E-state index contributed by atoms with van der Waals surface area (Å²) in [5.74, 6) is 0.880. The number of nitrogens with one attached hydrogen (secondary N) is 2. The standard InChI is InChI=1S/C17H25BrN4.HI/c1-3-10-22-11-8-16(9-12-22)21-17(19-2)20-13-14-4-6-15(18)7-5-14;/h3-7,16H,1,8-13H2,2H3,(H2,19,20,21);1H. The highest BCUT2D eigenvalue weighted by atomic mass is 127. The maximum absolute atomic E-state index is 4.33. The van der Waals surface area contributed by atoms with E-state index >= 15 is 0 Å². The predicted octanol–water partition coefficient (Wildman–Crippen LogP) is 3.38. The second-order valence-corrected chi connectivity index (χ2v) is 6.48. The predicted molar refractivity (Wildman–Crippen MR) is 113 cm³/mol. The van der Waals surface area contributed by atoms with Crippen molar-refractivity contribution in [2.75, 3.05) is 26.7 Å². The molecule has 1 saturated heterocycles. The Morgan fingerprint density at radius 2 is 2.00 bits per heavy atom. The molecule has 0 atom stereocenters. The van der Waals surface area contributed by atoms with Gasteiger partial charge in [0.25, 0.3) is 0 Å². The van der Waals surface area contributed by atoms with Crippen LogP contribution in [0.5, 0.6) is 0 Å². The van der Waals surface area contributed by atoms with E-state index < -0.39 is 0 Å². The molecule has 4 nitrogen and oxygen atoms in total. The summed E-state index contributed by atoms with van der Waals surface area (Å²) >= 11 is 3.45. The summed E-state index contributed by atoms with van der Waals surface area (Å²) in [5.41, 5.74) is 1.24. The molecule has 6 heteroatoms. The van der Waals surface area contributed by atoms with Crippen molar-refractivity contribution in [2.45, 2.75) is 25.4 Å². The van der Waals surface area contributed by atoms with Gasteiger partial charge in [-0.15, -0.1) is 30.6 Å². The Bertz CT molecular complexity index is 496. The van der Waals surface area contributed by atoms with Crippen molar-refractivity contribution in [1.29, 1.82) is 0 Å². The van der Waals surface area contributed by atoms with Gasteiger partial charge in [0.1, 0.15) is 0 Å². The van der Waals surface area contributed by atoms with Crippen molar-refractivity contribution in [3.05, 3.63) is 47.0 Å². The number of aliphatic imine (C=N–C) groups is 1. The molecule has 0 aromatic heterocycles. The fraction of sp³-hybridized carbons (Fsp3) is 0.471. The van der Waals surface area contributed by atoms with Gasteiger partial charge < -0.3 is 10.6 Å². The van der Waals surface area contributed by atoms with Gasteiger partial charge in [0, 0.05) is 43.7 Å². The molecular weight excluding hydrogens is 467 g/mol. The third-order valence-corrected chi connectivity index (χ3v) is 4.44. The highest BCUT2D eigenvalue weighted by Gasteiger charge is 2.18. The summed E-state index contributed by atoms with van der Waals surface area (Å²) in [4.78, 5) is 6.76. The minimum Gasteiger partial charge on any atom is -0.354 e. The smallest absolute Gasteiger partial charge is 0.191 e. The van der Waals surface area contributed by atoms with Gasteiger partial charge in [-0.05, 0) is 30.5 Å². The van der Waals surface area contributed by atoms with Crippen LogP contribution < -0.4 is 10.6 Å². The Morgan fingerprint density at radius 1 is 1.35 bits per heavy atom. The van der Waals surface area contributed by atoms with Crippen LogP contribution in [0.2, 0.25) is 0 Å². The summed E-state index contributed by atoms with van der Waals surface area (Å²) < 4.78 is 1.10. The first-order valence-electron chi connectivity index (χ1n) is 7.76. The van der Waals surface area contributed by atoms with Crippen LogP contribution in [-0.4, -0.2) is 43.6 Å². The summed E-state index contributed by atoms with van der Waals surface area (Å²) in [6, 6.07) is 8.83. The zero-order valence-corrected chi connectivity index (χ0v) is 17.5. The van der Waals surface area contributed by atoms with E-state index in [4.69, 9.17) is 0 Å². The minimum atomic E-state index is 0. The molecule has 128 valence electrons. The Kier molecular flexibility index (Phi) is 9.81. The first kappa shape index (κ1) is 20.4. The van der Waals surface area contributed by atoms with Crippen LogP contribution in [0.25, 0.3) is 0 Å². The second kappa shape index (κ2) is 11.0. The van der Waals surface area contributed by atoms with Crippen LogP contribution in [0, 0.1) is 0 Å². The van der Waals surface area contributed by atoms with Crippen LogP contribution in [0.3, 0.4) is 0 Å². The Balaban J connectivity index is 0.00000264. The molecule has 23 heavy (non-hydrogen) atoms. The molecule has 0 radical (unpaired) electrons. The van der Waals surface area contributed by atoms with Crippen LogP contribution in [0.1, 0.15) is 18.4 Å². The molecule has 1 aliphatic rings. The number of nitrogens with zero attached hydrogens (tertiary/aromatic N) is 2. The second-order valence-electron chi connectivity index (χ2n) is 5.56. The van der Waals surface area contributed by atoms with E-state index in [-0.39, 0.29) is 24.0 Å². The largest absolute Gasteiger partial charge is 0.354 e. The molecule has 2 N–H and O–H groups in total. The summed E-state index contributed by atoms with van der Waals surface area (Å²) in [7, 11) is 1.82. The molecule has 1 aliphatic heterocycles. The van der Waals surface area contributed by atoms with Crippen LogP contribution in [0.15, 0.2) is 46.4 Å². The van der Waals surface area contributed by atoms with Crippen molar-refractivity contribution in [3.8, 4) is 0 Å². The summed E-state index contributed by atoms with van der Waals surface area (Å²) in [5, 5.41) is 6.91. The zero-order chi connectivity index (χ0) is 15.8. The summed E-state index contributed by atoms with van der Waals surface area (Å²) in [6.07, 6.45) is 4.27. The lowest BCUT2D eigenvalue weighted by molar-refractivity contribution is 0.225.